The maximum atomic E-state index is 12.6. The van der Waals surface area contributed by atoms with E-state index in [0.717, 1.165) is 10.1 Å². The molecule has 2 aromatic rings. The molecule has 0 saturated carbocycles. The zero-order valence-corrected chi connectivity index (χ0v) is 14.4. The molecule has 0 saturated heterocycles. The van der Waals surface area contributed by atoms with Gasteiger partial charge in [-0.15, -0.1) is 11.3 Å². The monoisotopic (exact) mass is 319 g/mol. The van der Waals surface area contributed by atoms with E-state index >= 15 is 0 Å². The van der Waals surface area contributed by atoms with Crippen molar-refractivity contribution in [3.63, 3.8) is 0 Å². The highest BCUT2D eigenvalue weighted by Gasteiger charge is 2.27. The molecule has 22 heavy (non-hydrogen) atoms. The van der Waals surface area contributed by atoms with Crippen molar-refractivity contribution in [2.75, 3.05) is 7.05 Å². The van der Waals surface area contributed by atoms with Crippen LogP contribution in [-0.2, 0) is 4.74 Å². The van der Waals surface area contributed by atoms with Gasteiger partial charge in [0.2, 0.25) is 0 Å². The Morgan fingerprint density at radius 3 is 2.55 bits per heavy atom. The van der Waals surface area contributed by atoms with Gasteiger partial charge in [-0.3, -0.25) is 4.79 Å². The Labute approximate surface area is 134 Å². The Bertz CT molecular complexity index is 699. The number of amides is 1. The molecular formula is C17H21NO3S. The zero-order chi connectivity index (χ0) is 16.5. The molecule has 2 rings (SSSR count). The van der Waals surface area contributed by atoms with Gasteiger partial charge in [0.05, 0.1) is 6.04 Å². The SMILES string of the molecule is C[C@H](C(=O)c1ccc2ccsc2c1)N(C)C(=O)OC(C)(C)C. The van der Waals surface area contributed by atoms with Gasteiger partial charge in [-0.1, -0.05) is 12.1 Å². The highest BCUT2D eigenvalue weighted by molar-refractivity contribution is 7.17. The molecule has 1 aromatic heterocycles. The lowest BCUT2D eigenvalue weighted by molar-refractivity contribution is 0.0231. The van der Waals surface area contributed by atoms with Crippen LogP contribution in [-0.4, -0.2) is 35.5 Å². The summed E-state index contributed by atoms with van der Waals surface area (Å²) in [5.41, 5.74) is 0.0298. The number of fused-ring (bicyclic) bond motifs is 1. The summed E-state index contributed by atoms with van der Waals surface area (Å²) in [7, 11) is 1.58. The minimum absolute atomic E-state index is 0.0938. The number of likely N-dealkylation sites (N-methyl/N-ethyl adjacent to an activating group) is 1. The van der Waals surface area contributed by atoms with Crippen molar-refractivity contribution in [1.82, 2.24) is 4.90 Å². The number of benzene rings is 1. The molecule has 0 aliphatic heterocycles. The summed E-state index contributed by atoms with van der Waals surface area (Å²) in [6.45, 7) is 7.12. The molecule has 1 atom stereocenters. The number of ether oxygens (including phenoxy) is 1. The number of rotatable bonds is 3. The van der Waals surface area contributed by atoms with Crippen LogP contribution in [0.25, 0.3) is 10.1 Å². The summed E-state index contributed by atoms with van der Waals surface area (Å²) in [4.78, 5) is 26.0. The fourth-order valence-corrected chi connectivity index (χ4v) is 2.85. The quantitative estimate of drug-likeness (QED) is 0.791. The maximum Gasteiger partial charge on any atom is 0.410 e. The van der Waals surface area contributed by atoms with Crippen LogP contribution >= 0.6 is 11.3 Å². The second-order valence-corrected chi connectivity index (χ2v) is 7.25. The van der Waals surface area contributed by atoms with Crippen molar-refractivity contribution in [3.05, 3.63) is 35.2 Å². The van der Waals surface area contributed by atoms with Crippen LogP contribution in [0.4, 0.5) is 4.79 Å². The summed E-state index contributed by atoms with van der Waals surface area (Å²) in [6.07, 6.45) is -0.495. The third-order valence-electron chi connectivity index (χ3n) is 3.38. The molecular weight excluding hydrogens is 298 g/mol. The van der Waals surface area contributed by atoms with Crippen LogP contribution in [0.1, 0.15) is 38.1 Å². The van der Waals surface area contributed by atoms with Gasteiger partial charge >= 0.3 is 6.09 Å². The summed E-state index contributed by atoms with van der Waals surface area (Å²) in [5.74, 6) is -0.0938. The third kappa shape index (κ3) is 3.65. The molecule has 5 heteroatoms. The summed E-state index contributed by atoms with van der Waals surface area (Å²) in [5, 5.41) is 3.12. The van der Waals surface area contributed by atoms with E-state index in [1.54, 1.807) is 52.1 Å². The van der Waals surface area contributed by atoms with Gasteiger partial charge in [-0.05, 0) is 50.6 Å². The van der Waals surface area contributed by atoms with Crippen LogP contribution in [0.15, 0.2) is 29.6 Å². The summed E-state index contributed by atoms with van der Waals surface area (Å²) in [6, 6.07) is 7.05. The van der Waals surface area contributed by atoms with Gasteiger partial charge < -0.3 is 9.64 Å². The average Bonchev–Trinajstić information content (AvgIpc) is 2.90. The number of carbonyl (C=O) groups excluding carboxylic acids is 2. The molecule has 0 N–H and O–H groups in total. The third-order valence-corrected chi connectivity index (χ3v) is 4.26. The lowest BCUT2D eigenvalue weighted by Crippen LogP contribution is -2.43. The number of nitrogens with zero attached hydrogens (tertiary/aromatic N) is 1. The fourth-order valence-electron chi connectivity index (χ4n) is 2.02. The van der Waals surface area contributed by atoms with Crippen molar-refractivity contribution in [2.45, 2.75) is 39.3 Å². The molecule has 1 heterocycles. The van der Waals surface area contributed by atoms with E-state index in [-0.39, 0.29) is 5.78 Å². The van der Waals surface area contributed by atoms with Gasteiger partial charge in [0.1, 0.15) is 5.60 Å². The second kappa shape index (κ2) is 6.08. The van der Waals surface area contributed by atoms with E-state index in [9.17, 15) is 9.59 Å². The standard InChI is InChI=1S/C17H21NO3S/c1-11(18(5)16(20)21-17(2,3)4)15(19)13-7-6-12-8-9-22-14(12)10-13/h6-11H,1-5H3/t11-/m1/s1. The minimum Gasteiger partial charge on any atom is -0.444 e. The van der Waals surface area contributed by atoms with Crippen LogP contribution in [0.2, 0.25) is 0 Å². The van der Waals surface area contributed by atoms with Crippen molar-refractivity contribution in [2.24, 2.45) is 0 Å². The van der Waals surface area contributed by atoms with Crippen molar-refractivity contribution < 1.29 is 14.3 Å². The molecule has 0 unspecified atom stereocenters. The number of hydrogen-bond donors (Lipinski definition) is 0. The number of thiophene rings is 1. The second-order valence-electron chi connectivity index (χ2n) is 6.30. The maximum absolute atomic E-state index is 12.6. The van der Waals surface area contributed by atoms with Gasteiger partial charge in [-0.2, -0.15) is 0 Å². The molecule has 4 nitrogen and oxygen atoms in total. The van der Waals surface area contributed by atoms with E-state index in [0.29, 0.717) is 5.56 Å². The molecule has 1 aromatic carbocycles. The highest BCUT2D eigenvalue weighted by atomic mass is 32.1. The molecule has 0 spiro atoms. The first kappa shape index (κ1) is 16.5. The predicted molar refractivity (Wildman–Crippen MR) is 89.6 cm³/mol. The predicted octanol–water partition coefficient (Wildman–Crippen LogP) is 4.34. The molecule has 0 aliphatic carbocycles. The number of Topliss-reactive ketones (excluding diaryl/α,β-unsaturated/α-hetero) is 1. The first-order chi connectivity index (χ1) is 10.2. The van der Waals surface area contributed by atoms with E-state index in [1.807, 2.05) is 23.6 Å². The van der Waals surface area contributed by atoms with Gasteiger partial charge in [0.25, 0.3) is 0 Å². The summed E-state index contributed by atoms with van der Waals surface area (Å²) >= 11 is 1.60. The van der Waals surface area contributed by atoms with Gasteiger partial charge in [-0.25, -0.2) is 4.79 Å². The topological polar surface area (TPSA) is 46.6 Å². The lowest BCUT2D eigenvalue weighted by atomic mass is 10.0. The molecule has 0 bridgehead atoms. The van der Waals surface area contributed by atoms with Crippen LogP contribution in [0.5, 0.6) is 0 Å². The molecule has 1 amide bonds. The van der Waals surface area contributed by atoms with E-state index in [2.05, 4.69) is 0 Å². The Balaban J connectivity index is 2.15. The minimum atomic E-state index is -0.579. The molecule has 0 radical (unpaired) electrons. The number of carbonyl (C=O) groups is 2. The largest absolute Gasteiger partial charge is 0.444 e. The molecule has 0 aliphatic rings. The Morgan fingerprint density at radius 1 is 1.23 bits per heavy atom. The van der Waals surface area contributed by atoms with E-state index in [1.165, 1.54) is 4.90 Å². The Kier molecular flexibility index (Phi) is 4.56. The van der Waals surface area contributed by atoms with E-state index < -0.39 is 17.7 Å². The molecule has 118 valence electrons. The fraction of sp³-hybridized carbons (Fsp3) is 0.412. The van der Waals surface area contributed by atoms with Crippen LogP contribution in [0.3, 0.4) is 0 Å². The first-order valence-corrected chi connectivity index (χ1v) is 8.04. The lowest BCUT2D eigenvalue weighted by Gasteiger charge is -2.28. The van der Waals surface area contributed by atoms with Gasteiger partial charge in [0, 0.05) is 17.3 Å². The van der Waals surface area contributed by atoms with Crippen LogP contribution < -0.4 is 0 Å². The van der Waals surface area contributed by atoms with Crippen molar-refractivity contribution in [1.29, 1.82) is 0 Å². The van der Waals surface area contributed by atoms with Crippen LogP contribution in [0, 0.1) is 0 Å². The van der Waals surface area contributed by atoms with Gasteiger partial charge in [0.15, 0.2) is 5.78 Å². The highest BCUT2D eigenvalue weighted by Crippen LogP contribution is 2.23. The Hall–Kier alpha value is -1.88. The normalized spacial score (nSPS) is 13.0. The summed E-state index contributed by atoms with van der Waals surface area (Å²) < 4.78 is 6.37. The first-order valence-electron chi connectivity index (χ1n) is 7.16. The number of hydrogen-bond acceptors (Lipinski definition) is 4. The van der Waals surface area contributed by atoms with Crippen molar-refractivity contribution in [3.8, 4) is 0 Å². The zero-order valence-electron chi connectivity index (χ0n) is 13.5. The smallest absolute Gasteiger partial charge is 0.410 e. The number of ketones is 1. The average molecular weight is 319 g/mol. The van der Waals surface area contributed by atoms with Crippen molar-refractivity contribution >= 4 is 33.3 Å². The van der Waals surface area contributed by atoms with E-state index in [4.69, 9.17) is 4.74 Å². The Morgan fingerprint density at radius 2 is 1.91 bits per heavy atom. The molecule has 0 fully saturated rings.